The minimum Gasteiger partial charge on any atom is -0.489 e. The normalized spacial score (nSPS) is 19.4. The van der Waals surface area contributed by atoms with Gasteiger partial charge in [-0.25, -0.2) is 9.37 Å². The van der Waals surface area contributed by atoms with Crippen molar-refractivity contribution >= 4 is 22.7 Å². The lowest BCUT2D eigenvalue weighted by Gasteiger charge is -2.31. The van der Waals surface area contributed by atoms with E-state index in [4.69, 9.17) is 15.2 Å². The standard InChI is InChI=1S/C30H26F4N4O5/c1-28(27(35)40)14-42-25-20(28)12-22(38-24(25)15-2-4-18(31)5-3-15)29(41,30(32,33)34)13-37-26(39)17-10-16-8-9-36-23(16)21(11-17)43-19-6-7-19/h2-5,8-12,19,36,41H,6-7,13-14H2,1H3,(H2,35,40)(H,37,39)/t28-,29-/m0/s1. The topological polar surface area (TPSA) is 140 Å². The summed E-state index contributed by atoms with van der Waals surface area (Å²) in [7, 11) is 0. The van der Waals surface area contributed by atoms with Crippen molar-refractivity contribution in [1.29, 1.82) is 0 Å². The SMILES string of the molecule is C[C@]1(C(N)=O)COc2c1cc([C@@](O)(CNC(=O)c1cc(OC3CC3)c3[nH]ccc3c1)C(F)(F)F)nc2-c1ccc(F)cc1. The third kappa shape index (κ3) is 4.92. The van der Waals surface area contributed by atoms with E-state index >= 15 is 0 Å². The van der Waals surface area contributed by atoms with Crippen LogP contribution in [0.15, 0.2) is 54.7 Å². The van der Waals surface area contributed by atoms with Gasteiger partial charge in [0.25, 0.3) is 5.91 Å². The third-order valence-corrected chi connectivity index (χ3v) is 7.84. The zero-order chi connectivity index (χ0) is 30.7. The highest BCUT2D eigenvalue weighted by Gasteiger charge is 2.57. The summed E-state index contributed by atoms with van der Waals surface area (Å²) in [6, 6.07) is 10.2. The Balaban J connectivity index is 1.40. The lowest BCUT2D eigenvalue weighted by molar-refractivity contribution is -0.265. The van der Waals surface area contributed by atoms with Gasteiger partial charge in [-0.15, -0.1) is 0 Å². The number of amides is 2. The first-order valence-corrected chi connectivity index (χ1v) is 13.4. The number of hydrogen-bond donors (Lipinski definition) is 4. The quantitative estimate of drug-likeness (QED) is 0.224. The van der Waals surface area contributed by atoms with Gasteiger partial charge in [0.2, 0.25) is 11.5 Å². The van der Waals surface area contributed by atoms with Crippen LogP contribution in [0.5, 0.6) is 11.5 Å². The highest BCUT2D eigenvalue weighted by molar-refractivity contribution is 6.00. The molecule has 4 aromatic rings. The number of nitrogens with two attached hydrogens (primary N) is 1. The van der Waals surface area contributed by atoms with Gasteiger partial charge >= 0.3 is 6.18 Å². The first-order valence-electron chi connectivity index (χ1n) is 13.4. The number of pyridine rings is 1. The number of rotatable bonds is 8. The maximum atomic E-state index is 14.7. The molecular formula is C30H26F4N4O5. The minimum atomic E-state index is -5.34. The van der Waals surface area contributed by atoms with E-state index in [9.17, 15) is 32.3 Å². The molecule has 43 heavy (non-hydrogen) atoms. The van der Waals surface area contributed by atoms with Crippen molar-refractivity contribution in [3.8, 4) is 22.8 Å². The molecule has 2 aliphatic rings. The van der Waals surface area contributed by atoms with E-state index in [1.807, 2.05) is 0 Å². The molecule has 6 rings (SSSR count). The van der Waals surface area contributed by atoms with Crippen molar-refractivity contribution in [2.24, 2.45) is 5.73 Å². The molecule has 3 heterocycles. The van der Waals surface area contributed by atoms with Crippen LogP contribution in [0.2, 0.25) is 0 Å². The van der Waals surface area contributed by atoms with Gasteiger partial charge in [-0.3, -0.25) is 9.59 Å². The number of benzene rings is 2. The zero-order valence-corrected chi connectivity index (χ0v) is 22.7. The van der Waals surface area contributed by atoms with E-state index in [0.717, 1.165) is 31.0 Å². The Labute approximate surface area is 242 Å². The second-order valence-electron chi connectivity index (χ2n) is 11.0. The number of halogens is 4. The van der Waals surface area contributed by atoms with Crippen LogP contribution in [0.3, 0.4) is 0 Å². The molecule has 1 fully saturated rings. The minimum absolute atomic E-state index is 0.00335. The summed E-state index contributed by atoms with van der Waals surface area (Å²) in [5.74, 6) is -2.00. The van der Waals surface area contributed by atoms with Gasteiger partial charge in [-0.05, 0) is 68.3 Å². The van der Waals surface area contributed by atoms with Crippen molar-refractivity contribution in [2.75, 3.05) is 13.2 Å². The van der Waals surface area contributed by atoms with E-state index in [0.29, 0.717) is 16.7 Å². The molecule has 13 heteroatoms. The predicted octanol–water partition coefficient (Wildman–Crippen LogP) is 4.23. The van der Waals surface area contributed by atoms with Gasteiger partial charge in [0.1, 0.15) is 35.0 Å². The van der Waals surface area contributed by atoms with Gasteiger partial charge in [0.05, 0.1) is 23.9 Å². The van der Waals surface area contributed by atoms with Gasteiger partial charge in [-0.1, -0.05) is 0 Å². The summed E-state index contributed by atoms with van der Waals surface area (Å²) in [4.78, 5) is 32.7. The maximum Gasteiger partial charge on any atom is 0.424 e. The number of H-pyrrole nitrogens is 1. The Morgan fingerprint density at radius 3 is 2.56 bits per heavy atom. The second kappa shape index (κ2) is 9.97. The van der Waals surface area contributed by atoms with Crippen LogP contribution in [0.1, 0.15) is 41.4 Å². The Kier molecular flexibility index (Phi) is 6.60. The summed E-state index contributed by atoms with van der Waals surface area (Å²) >= 11 is 0. The Bertz CT molecular complexity index is 1750. The average Bonchev–Trinajstić information content (AvgIpc) is 3.52. The zero-order valence-electron chi connectivity index (χ0n) is 22.7. The van der Waals surface area contributed by atoms with Crippen molar-refractivity contribution in [3.05, 3.63) is 77.4 Å². The lowest BCUT2D eigenvalue weighted by atomic mass is 9.81. The molecule has 9 nitrogen and oxygen atoms in total. The highest BCUT2D eigenvalue weighted by atomic mass is 19.4. The van der Waals surface area contributed by atoms with Crippen LogP contribution in [0.25, 0.3) is 22.2 Å². The monoisotopic (exact) mass is 598 g/mol. The Morgan fingerprint density at radius 2 is 1.91 bits per heavy atom. The summed E-state index contributed by atoms with van der Waals surface area (Å²) in [5.41, 5.74) is 0.0761. The first-order chi connectivity index (χ1) is 20.3. The average molecular weight is 599 g/mol. The van der Waals surface area contributed by atoms with E-state index < -0.39 is 47.1 Å². The maximum absolute atomic E-state index is 14.7. The smallest absolute Gasteiger partial charge is 0.424 e. The number of fused-ring (bicyclic) bond motifs is 2. The number of alkyl halides is 3. The molecule has 2 amide bonds. The number of nitrogens with one attached hydrogen (secondary N) is 2. The molecule has 2 atom stereocenters. The number of aliphatic hydroxyl groups is 1. The number of ether oxygens (including phenoxy) is 2. The molecule has 1 aliphatic heterocycles. The molecule has 0 radical (unpaired) electrons. The summed E-state index contributed by atoms with van der Waals surface area (Å²) < 4.78 is 69.2. The summed E-state index contributed by atoms with van der Waals surface area (Å²) in [6.45, 7) is -0.209. The van der Waals surface area contributed by atoms with Crippen molar-refractivity contribution < 1.29 is 41.7 Å². The van der Waals surface area contributed by atoms with Crippen LogP contribution in [-0.4, -0.2) is 52.3 Å². The number of carbonyl (C=O) groups is 2. The van der Waals surface area contributed by atoms with E-state index in [-0.39, 0.29) is 40.8 Å². The van der Waals surface area contributed by atoms with Crippen LogP contribution < -0.4 is 20.5 Å². The molecule has 0 unspecified atom stereocenters. The van der Waals surface area contributed by atoms with Gasteiger partial charge in [0.15, 0.2) is 0 Å². The Morgan fingerprint density at radius 1 is 1.19 bits per heavy atom. The number of aromatic amines is 1. The molecule has 5 N–H and O–H groups in total. The van der Waals surface area contributed by atoms with Gasteiger partial charge in [0, 0.05) is 28.3 Å². The second-order valence-corrected chi connectivity index (χ2v) is 11.0. The molecule has 1 saturated carbocycles. The van der Waals surface area contributed by atoms with Crippen molar-refractivity contribution in [1.82, 2.24) is 15.3 Å². The molecule has 0 saturated heterocycles. The fraction of sp³-hybridized carbons (Fsp3) is 0.300. The molecule has 224 valence electrons. The highest BCUT2D eigenvalue weighted by Crippen LogP contribution is 2.47. The van der Waals surface area contributed by atoms with Crippen molar-refractivity contribution in [2.45, 2.75) is 43.1 Å². The van der Waals surface area contributed by atoms with Crippen LogP contribution in [-0.2, 0) is 15.8 Å². The Hall–Kier alpha value is -4.65. The van der Waals surface area contributed by atoms with Crippen molar-refractivity contribution in [3.63, 3.8) is 0 Å². The number of carbonyl (C=O) groups excluding carboxylic acids is 2. The third-order valence-electron chi connectivity index (χ3n) is 7.84. The number of primary amides is 1. The molecular weight excluding hydrogens is 572 g/mol. The fourth-order valence-corrected chi connectivity index (χ4v) is 4.98. The summed E-state index contributed by atoms with van der Waals surface area (Å²) in [5, 5.41) is 14.0. The fourth-order valence-electron chi connectivity index (χ4n) is 4.98. The first kappa shape index (κ1) is 28.5. The predicted molar refractivity (Wildman–Crippen MR) is 146 cm³/mol. The summed E-state index contributed by atoms with van der Waals surface area (Å²) in [6.07, 6.45) is -1.99. The van der Waals surface area contributed by atoms with Crippen LogP contribution in [0, 0.1) is 5.82 Å². The number of nitrogens with zero attached hydrogens (tertiary/aromatic N) is 1. The lowest BCUT2D eigenvalue weighted by Crippen LogP contribution is -2.51. The van der Waals surface area contributed by atoms with E-state index in [1.165, 1.54) is 31.2 Å². The molecule has 0 bridgehead atoms. The van der Waals surface area contributed by atoms with E-state index in [2.05, 4.69) is 15.3 Å². The molecule has 0 spiro atoms. The number of hydrogen-bond acceptors (Lipinski definition) is 6. The number of aromatic nitrogens is 2. The van der Waals surface area contributed by atoms with Crippen LogP contribution >= 0.6 is 0 Å². The van der Waals surface area contributed by atoms with Gasteiger partial charge in [-0.2, -0.15) is 13.2 Å². The molecule has 2 aromatic heterocycles. The van der Waals surface area contributed by atoms with Gasteiger partial charge < -0.3 is 30.6 Å². The molecule has 2 aromatic carbocycles. The van der Waals surface area contributed by atoms with Crippen LogP contribution in [0.4, 0.5) is 17.6 Å². The molecule has 1 aliphatic carbocycles. The van der Waals surface area contributed by atoms with E-state index in [1.54, 1.807) is 12.3 Å². The largest absolute Gasteiger partial charge is 0.489 e.